The van der Waals surface area contributed by atoms with Crippen molar-refractivity contribution >= 4 is 34.0 Å². The van der Waals surface area contributed by atoms with Gasteiger partial charge in [0.25, 0.3) is 0 Å². The molecule has 0 atom stereocenters. The molecule has 0 aromatic heterocycles. The number of carbonyl (C=O) groups is 1. The Kier molecular flexibility index (Phi) is 6.80. The number of hydrogen-bond donors (Lipinski definition) is 1. The topological polar surface area (TPSA) is 83.7 Å². The number of benzene rings is 2. The lowest BCUT2D eigenvalue weighted by Gasteiger charge is -2.34. The second kappa shape index (κ2) is 8.69. The number of sulfonamides is 1. The molecule has 0 aliphatic carbocycles. The molecule has 2 aromatic rings. The summed E-state index contributed by atoms with van der Waals surface area (Å²) in [5, 5.41) is 0. The Morgan fingerprint density at radius 3 is 2.07 bits per heavy atom. The molecule has 1 aliphatic heterocycles. The van der Waals surface area contributed by atoms with Crippen molar-refractivity contribution in [2.45, 2.75) is 11.3 Å². The molecule has 0 saturated carbocycles. The maximum Gasteiger partial charge on any atom is 0.243 e. The highest BCUT2D eigenvalue weighted by Crippen LogP contribution is 2.18. The van der Waals surface area contributed by atoms with Gasteiger partial charge in [0, 0.05) is 31.9 Å². The van der Waals surface area contributed by atoms with Crippen LogP contribution in [0, 0.1) is 5.82 Å². The van der Waals surface area contributed by atoms with E-state index in [1.54, 1.807) is 17.0 Å². The molecule has 9 heteroatoms. The number of carbonyl (C=O) groups excluding carboxylic acids is 1. The molecule has 0 unspecified atom stereocenters. The molecule has 2 aromatic carbocycles. The minimum absolute atomic E-state index is 0. The summed E-state index contributed by atoms with van der Waals surface area (Å²) in [5.41, 5.74) is 7.14. The fourth-order valence-corrected chi connectivity index (χ4v) is 4.28. The van der Waals surface area contributed by atoms with E-state index in [1.807, 2.05) is 12.1 Å². The molecular weight excluding hydrogens is 393 g/mol. The summed E-state index contributed by atoms with van der Waals surface area (Å²) in [6, 6.07) is 11.9. The van der Waals surface area contributed by atoms with Crippen molar-refractivity contribution in [3.8, 4) is 0 Å². The van der Waals surface area contributed by atoms with Gasteiger partial charge in [-0.2, -0.15) is 4.31 Å². The second-order valence-electron chi connectivity index (χ2n) is 6.16. The van der Waals surface area contributed by atoms with Crippen LogP contribution >= 0.6 is 12.4 Å². The van der Waals surface area contributed by atoms with Crippen molar-refractivity contribution in [2.75, 3.05) is 31.9 Å². The Bertz CT molecular complexity index is 881. The molecule has 1 fully saturated rings. The molecule has 3 rings (SSSR count). The zero-order valence-corrected chi connectivity index (χ0v) is 16.2. The van der Waals surface area contributed by atoms with Crippen LogP contribution in [-0.2, 0) is 21.2 Å². The number of rotatable bonds is 4. The summed E-state index contributed by atoms with van der Waals surface area (Å²) in [5.74, 6) is -0.532. The van der Waals surface area contributed by atoms with E-state index in [0.29, 0.717) is 18.8 Å². The lowest BCUT2D eigenvalue weighted by atomic mass is 10.1. The zero-order valence-electron chi connectivity index (χ0n) is 14.5. The van der Waals surface area contributed by atoms with Gasteiger partial charge in [-0.15, -0.1) is 12.4 Å². The van der Waals surface area contributed by atoms with Crippen molar-refractivity contribution < 1.29 is 17.6 Å². The van der Waals surface area contributed by atoms with Crippen LogP contribution in [0.5, 0.6) is 0 Å². The van der Waals surface area contributed by atoms with Gasteiger partial charge in [0.1, 0.15) is 5.82 Å². The van der Waals surface area contributed by atoms with Gasteiger partial charge >= 0.3 is 0 Å². The molecule has 0 radical (unpaired) electrons. The molecule has 1 aliphatic rings. The smallest absolute Gasteiger partial charge is 0.243 e. The predicted molar refractivity (Wildman–Crippen MR) is 104 cm³/mol. The highest BCUT2D eigenvalue weighted by Gasteiger charge is 2.30. The lowest BCUT2D eigenvalue weighted by molar-refractivity contribution is -0.131. The molecule has 2 N–H and O–H groups in total. The van der Waals surface area contributed by atoms with Crippen LogP contribution in [0.15, 0.2) is 53.4 Å². The van der Waals surface area contributed by atoms with E-state index in [1.165, 1.54) is 16.4 Å². The summed E-state index contributed by atoms with van der Waals surface area (Å²) in [6.45, 7) is 1.09. The van der Waals surface area contributed by atoms with Crippen molar-refractivity contribution in [3.05, 3.63) is 59.9 Å². The maximum atomic E-state index is 13.0. The van der Waals surface area contributed by atoms with E-state index >= 15 is 0 Å². The van der Waals surface area contributed by atoms with Crippen LogP contribution in [0.4, 0.5) is 10.1 Å². The normalized spacial score (nSPS) is 15.2. The van der Waals surface area contributed by atoms with Crippen LogP contribution < -0.4 is 5.73 Å². The Morgan fingerprint density at radius 2 is 1.52 bits per heavy atom. The van der Waals surface area contributed by atoms with Gasteiger partial charge in [0.2, 0.25) is 15.9 Å². The number of piperazine rings is 1. The van der Waals surface area contributed by atoms with Gasteiger partial charge in [0.15, 0.2) is 0 Å². The van der Waals surface area contributed by atoms with Crippen molar-refractivity contribution in [2.24, 2.45) is 0 Å². The first kappa shape index (κ1) is 21.1. The number of nitrogen functional groups attached to an aromatic ring is 1. The first-order valence-electron chi connectivity index (χ1n) is 8.24. The molecule has 1 amide bonds. The number of nitrogens with zero attached hydrogens (tertiary/aromatic N) is 2. The van der Waals surface area contributed by atoms with Gasteiger partial charge in [-0.25, -0.2) is 12.8 Å². The Hall–Kier alpha value is -2.16. The third-order valence-corrected chi connectivity index (χ3v) is 6.29. The SMILES string of the molecule is Cl.Nc1ccc(CC(=O)N2CCN(S(=O)(=O)c3ccc(F)cc3)CC2)cc1. The monoisotopic (exact) mass is 413 g/mol. The number of halogens is 2. The largest absolute Gasteiger partial charge is 0.399 e. The summed E-state index contributed by atoms with van der Waals surface area (Å²) < 4.78 is 39.5. The van der Waals surface area contributed by atoms with E-state index in [-0.39, 0.29) is 42.7 Å². The predicted octanol–water partition coefficient (Wildman–Crippen LogP) is 1.91. The Morgan fingerprint density at radius 1 is 0.963 bits per heavy atom. The molecule has 0 bridgehead atoms. The fraction of sp³-hybridized carbons (Fsp3) is 0.278. The molecular formula is C18H21ClFN3O3S. The number of hydrogen-bond acceptors (Lipinski definition) is 4. The number of nitrogens with two attached hydrogens (primary N) is 1. The summed E-state index contributed by atoms with van der Waals surface area (Å²) in [7, 11) is -3.68. The van der Waals surface area contributed by atoms with Crippen molar-refractivity contribution in [3.63, 3.8) is 0 Å². The third kappa shape index (κ3) is 4.97. The van der Waals surface area contributed by atoms with Crippen LogP contribution in [0.25, 0.3) is 0 Å². The number of amides is 1. The summed E-state index contributed by atoms with van der Waals surface area (Å²) in [4.78, 5) is 14.1. The lowest BCUT2D eigenvalue weighted by Crippen LogP contribution is -2.50. The van der Waals surface area contributed by atoms with Crippen molar-refractivity contribution in [1.29, 1.82) is 0 Å². The van der Waals surface area contributed by atoms with Crippen LogP contribution in [0.2, 0.25) is 0 Å². The molecule has 27 heavy (non-hydrogen) atoms. The molecule has 0 spiro atoms. The number of anilines is 1. The standard InChI is InChI=1S/C18H20FN3O3S.ClH/c19-15-3-7-17(8-4-15)26(24,25)22-11-9-21(10-12-22)18(23)13-14-1-5-16(20)6-2-14;/h1-8H,9-13,20H2;1H. The maximum absolute atomic E-state index is 13.0. The minimum atomic E-state index is -3.68. The van der Waals surface area contributed by atoms with E-state index in [4.69, 9.17) is 5.73 Å². The first-order valence-corrected chi connectivity index (χ1v) is 9.68. The quantitative estimate of drug-likeness (QED) is 0.776. The average Bonchev–Trinajstić information content (AvgIpc) is 2.64. The molecule has 1 heterocycles. The van der Waals surface area contributed by atoms with E-state index in [2.05, 4.69) is 0 Å². The van der Waals surface area contributed by atoms with Crippen molar-refractivity contribution in [1.82, 2.24) is 9.21 Å². The molecule has 6 nitrogen and oxygen atoms in total. The van der Waals surface area contributed by atoms with Gasteiger partial charge in [-0.3, -0.25) is 4.79 Å². The zero-order chi connectivity index (χ0) is 18.7. The van der Waals surface area contributed by atoms with Crippen LogP contribution in [0.3, 0.4) is 0 Å². The van der Waals surface area contributed by atoms with Crippen LogP contribution in [-0.4, -0.2) is 49.7 Å². The van der Waals surface area contributed by atoms with Crippen LogP contribution in [0.1, 0.15) is 5.56 Å². The first-order chi connectivity index (χ1) is 12.4. The molecule has 146 valence electrons. The van der Waals surface area contributed by atoms with Gasteiger partial charge in [-0.1, -0.05) is 12.1 Å². The highest BCUT2D eigenvalue weighted by molar-refractivity contribution is 7.89. The fourth-order valence-electron chi connectivity index (χ4n) is 2.86. The van der Waals surface area contributed by atoms with Gasteiger partial charge in [-0.05, 0) is 42.0 Å². The summed E-state index contributed by atoms with van der Waals surface area (Å²) in [6.07, 6.45) is 0.255. The third-order valence-electron chi connectivity index (χ3n) is 4.38. The highest BCUT2D eigenvalue weighted by atomic mass is 35.5. The molecule has 1 saturated heterocycles. The van der Waals surface area contributed by atoms with E-state index in [9.17, 15) is 17.6 Å². The Labute approximate surface area is 164 Å². The second-order valence-corrected chi connectivity index (χ2v) is 8.10. The summed E-state index contributed by atoms with van der Waals surface area (Å²) >= 11 is 0. The average molecular weight is 414 g/mol. The van der Waals surface area contributed by atoms with Gasteiger partial charge in [0.05, 0.1) is 11.3 Å². The van der Waals surface area contributed by atoms with E-state index < -0.39 is 15.8 Å². The van der Waals surface area contributed by atoms with Gasteiger partial charge < -0.3 is 10.6 Å². The minimum Gasteiger partial charge on any atom is -0.399 e. The van der Waals surface area contributed by atoms with E-state index in [0.717, 1.165) is 17.7 Å². The Balaban J connectivity index is 0.00000261.